The normalized spacial score (nSPS) is 13.6. The summed E-state index contributed by atoms with van der Waals surface area (Å²) >= 11 is 0. The molecule has 130 valence electrons. The van der Waals surface area contributed by atoms with Gasteiger partial charge in [-0.05, 0) is 38.0 Å². The molecule has 1 aromatic carbocycles. The van der Waals surface area contributed by atoms with Crippen LogP contribution in [0.2, 0.25) is 0 Å². The highest BCUT2D eigenvalue weighted by Gasteiger charge is 2.16. The molecule has 0 bridgehead atoms. The van der Waals surface area contributed by atoms with Crippen LogP contribution in [-0.2, 0) is 4.74 Å². The predicted octanol–water partition coefficient (Wildman–Crippen LogP) is 2.51. The van der Waals surface area contributed by atoms with Gasteiger partial charge in [-0.1, -0.05) is 6.07 Å². The fraction of sp³-hybridized carbons (Fsp3) is 0.333. The third kappa shape index (κ3) is 4.12. The van der Waals surface area contributed by atoms with Crippen molar-refractivity contribution in [1.29, 1.82) is 0 Å². The lowest BCUT2D eigenvalue weighted by Gasteiger charge is -2.14. The van der Waals surface area contributed by atoms with Gasteiger partial charge in [0.15, 0.2) is 0 Å². The highest BCUT2D eigenvalue weighted by atomic mass is 16.5. The van der Waals surface area contributed by atoms with Crippen LogP contribution < -0.4 is 10.2 Å². The molecule has 7 heteroatoms. The van der Waals surface area contributed by atoms with E-state index in [9.17, 15) is 9.59 Å². The Morgan fingerprint density at radius 3 is 2.56 bits per heavy atom. The van der Waals surface area contributed by atoms with Crippen molar-refractivity contribution in [2.75, 3.05) is 29.9 Å². The van der Waals surface area contributed by atoms with Crippen LogP contribution in [0.15, 0.2) is 36.7 Å². The second kappa shape index (κ2) is 7.74. The van der Waals surface area contributed by atoms with E-state index >= 15 is 0 Å². The van der Waals surface area contributed by atoms with E-state index in [1.54, 1.807) is 31.2 Å². The summed E-state index contributed by atoms with van der Waals surface area (Å²) in [7, 11) is 0. The monoisotopic (exact) mass is 340 g/mol. The topological polar surface area (TPSA) is 84.4 Å². The number of hydrogen-bond acceptors (Lipinski definition) is 6. The van der Waals surface area contributed by atoms with Crippen molar-refractivity contribution in [3.63, 3.8) is 0 Å². The summed E-state index contributed by atoms with van der Waals surface area (Å²) < 4.78 is 4.96. The second-order valence-electron chi connectivity index (χ2n) is 5.72. The van der Waals surface area contributed by atoms with Crippen LogP contribution in [0.5, 0.6) is 0 Å². The number of benzene rings is 1. The molecular formula is C18H20N4O3. The summed E-state index contributed by atoms with van der Waals surface area (Å²) in [6.45, 7) is 3.95. The SMILES string of the molecule is CCOC(=O)c1cccc(NC(=O)c2cnc(N3CCCC3)nc2)c1. The number of nitrogens with zero attached hydrogens (tertiary/aromatic N) is 3. The number of ether oxygens (including phenoxy) is 1. The van der Waals surface area contributed by atoms with Gasteiger partial charge in [-0.3, -0.25) is 4.79 Å². The molecular weight excluding hydrogens is 320 g/mol. The summed E-state index contributed by atoms with van der Waals surface area (Å²) in [6, 6.07) is 6.62. The van der Waals surface area contributed by atoms with Crippen LogP contribution in [0, 0.1) is 0 Å². The largest absolute Gasteiger partial charge is 0.462 e. The second-order valence-corrected chi connectivity index (χ2v) is 5.72. The molecule has 1 aliphatic heterocycles. The van der Waals surface area contributed by atoms with E-state index in [0.29, 0.717) is 29.4 Å². The lowest BCUT2D eigenvalue weighted by Crippen LogP contribution is -2.21. The van der Waals surface area contributed by atoms with Crippen molar-refractivity contribution >= 4 is 23.5 Å². The van der Waals surface area contributed by atoms with Crippen LogP contribution in [0.3, 0.4) is 0 Å². The number of carbonyl (C=O) groups is 2. The number of anilines is 2. The summed E-state index contributed by atoms with van der Waals surface area (Å²) in [6.07, 6.45) is 5.32. The zero-order valence-electron chi connectivity index (χ0n) is 14.1. The first-order valence-corrected chi connectivity index (χ1v) is 8.33. The van der Waals surface area contributed by atoms with E-state index in [1.165, 1.54) is 12.4 Å². The van der Waals surface area contributed by atoms with Gasteiger partial charge in [0, 0.05) is 31.2 Å². The lowest BCUT2D eigenvalue weighted by molar-refractivity contribution is 0.0526. The Kier molecular flexibility index (Phi) is 5.23. The van der Waals surface area contributed by atoms with Crippen molar-refractivity contribution in [2.24, 2.45) is 0 Å². The van der Waals surface area contributed by atoms with E-state index < -0.39 is 5.97 Å². The molecule has 1 aromatic heterocycles. The molecule has 0 saturated carbocycles. The average molecular weight is 340 g/mol. The van der Waals surface area contributed by atoms with Gasteiger partial charge >= 0.3 is 5.97 Å². The lowest BCUT2D eigenvalue weighted by atomic mass is 10.2. The molecule has 0 spiro atoms. The molecule has 0 aliphatic carbocycles. The molecule has 1 fully saturated rings. The van der Waals surface area contributed by atoms with E-state index in [-0.39, 0.29) is 5.91 Å². The summed E-state index contributed by atoms with van der Waals surface area (Å²) in [5.41, 5.74) is 1.27. The molecule has 0 unspecified atom stereocenters. The Bertz CT molecular complexity index is 755. The Hall–Kier alpha value is -2.96. The van der Waals surface area contributed by atoms with E-state index in [1.807, 2.05) is 0 Å². The molecule has 2 heterocycles. The Balaban J connectivity index is 1.67. The number of amides is 1. The fourth-order valence-electron chi connectivity index (χ4n) is 2.66. The minimum atomic E-state index is -0.420. The molecule has 3 rings (SSSR count). The summed E-state index contributed by atoms with van der Waals surface area (Å²) in [5, 5.41) is 2.74. The first kappa shape index (κ1) is 16.9. The van der Waals surface area contributed by atoms with Gasteiger partial charge in [-0.15, -0.1) is 0 Å². The molecule has 0 radical (unpaired) electrons. The molecule has 1 amide bonds. The Labute approximate surface area is 146 Å². The highest BCUT2D eigenvalue weighted by molar-refractivity contribution is 6.04. The number of hydrogen-bond donors (Lipinski definition) is 1. The van der Waals surface area contributed by atoms with E-state index in [0.717, 1.165) is 25.9 Å². The van der Waals surface area contributed by atoms with Crippen molar-refractivity contribution in [3.8, 4) is 0 Å². The minimum Gasteiger partial charge on any atom is -0.462 e. The molecule has 2 aromatic rings. The third-order valence-electron chi connectivity index (χ3n) is 3.92. The molecule has 7 nitrogen and oxygen atoms in total. The number of esters is 1. The van der Waals surface area contributed by atoms with Crippen LogP contribution in [0.4, 0.5) is 11.6 Å². The van der Waals surface area contributed by atoms with Crippen molar-refractivity contribution in [1.82, 2.24) is 9.97 Å². The number of aromatic nitrogens is 2. The standard InChI is InChI=1S/C18H20N4O3/c1-2-25-17(24)13-6-5-7-15(10-13)21-16(23)14-11-19-18(20-12-14)22-8-3-4-9-22/h5-7,10-12H,2-4,8-9H2,1H3,(H,21,23). The molecule has 1 N–H and O–H groups in total. The zero-order chi connectivity index (χ0) is 17.6. The summed E-state index contributed by atoms with van der Waals surface area (Å²) in [5.74, 6) is -0.0933. The van der Waals surface area contributed by atoms with Gasteiger partial charge in [0.05, 0.1) is 17.7 Å². The molecule has 0 atom stereocenters. The predicted molar refractivity (Wildman–Crippen MR) is 93.8 cm³/mol. The van der Waals surface area contributed by atoms with E-state index in [2.05, 4.69) is 20.2 Å². The fourth-order valence-corrected chi connectivity index (χ4v) is 2.66. The quantitative estimate of drug-likeness (QED) is 0.842. The van der Waals surface area contributed by atoms with Gasteiger partial charge < -0.3 is 15.0 Å². The van der Waals surface area contributed by atoms with Gasteiger partial charge in [-0.2, -0.15) is 0 Å². The number of nitrogens with one attached hydrogen (secondary N) is 1. The van der Waals surface area contributed by atoms with Gasteiger partial charge in [0.1, 0.15) is 0 Å². The summed E-state index contributed by atoms with van der Waals surface area (Å²) in [4.78, 5) is 34.7. The van der Waals surface area contributed by atoms with Crippen LogP contribution in [-0.4, -0.2) is 41.5 Å². The van der Waals surface area contributed by atoms with Crippen molar-refractivity contribution in [2.45, 2.75) is 19.8 Å². The first-order valence-electron chi connectivity index (χ1n) is 8.33. The molecule has 1 saturated heterocycles. The molecule has 1 aliphatic rings. The number of rotatable bonds is 5. The van der Waals surface area contributed by atoms with E-state index in [4.69, 9.17) is 4.74 Å². The number of carbonyl (C=O) groups excluding carboxylic acids is 2. The highest BCUT2D eigenvalue weighted by Crippen LogP contribution is 2.16. The maximum Gasteiger partial charge on any atom is 0.338 e. The first-order chi connectivity index (χ1) is 12.2. The maximum atomic E-state index is 12.3. The Morgan fingerprint density at radius 1 is 1.16 bits per heavy atom. The van der Waals surface area contributed by atoms with Crippen molar-refractivity contribution < 1.29 is 14.3 Å². The maximum absolute atomic E-state index is 12.3. The molecule has 25 heavy (non-hydrogen) atoms. The third-order valence-corrected chi connectivity index (χ3v) is 3.92. The minimum absolute atomic E-state index is 0.302. The van der Waals surface area contributed by atoms with Gasteiger partial charge in [-0.25, -0.2) is 14.8 Å². The van der Waals surface area contributed by atoms with Crippen LogP contribution >= 0.6 is 0 Å². The van der Waals surface area contributed by atoms with Crippen molar-refractivity contribution in [3.05, 3.63) is 47.8 Å². The zero-order valence-corrected chi connectivity index (χ0v) is 14.1. The average Bonchev–Trinajstić information content (AvgIpc) is 3.17. The van der Waals surface area contributed by atoms with Crippen LogP contribution in [0.1, 0.15) is 40.5 Å². The van der Waals surface area contributed by atoms with Gasteiger partial charge in [0.25, 0.3) is 5.91 Å². The smallest absolute Gasteiger partial charge is 0.338 e. The Morgan fingerprint density at radius 2 is 1.88 bits per heavy atom. The van der Waals surface area contributed by atoms with Gasteiger partial charge in [0.2, 0.25) is 5.95 Å². The van der Waals surface area contributed by atoms with Crippen LogP contribution in [0.25, 0.3) is 0 Å².